The Morgan fingerprint density at radius 2 is 2.47 bits per heavy atom. The van der Waals surface area contributed by atoms with Crippen molar-refractivity contribution >= 4 is 5.91 Å². The highest BCUT2D eigenvalue weighted by Crippen LogP contribution is 2.08. The van der Waals surface area contributed by atoms with Crippen LogP contribution >= 0.6 is 0 Å². The lowest BCUT2D eigenvalue weighted by atomic mass is 9.99. The van der Waals surface area contributed by atoms with E-state index in [1.54, 1.807) is 6.20 Å². The van der Waals surface area contributed by atoms with Crippen molar-refractivity contribution in [2.24, 2.45) is 5.92 Å². The highest BCUT2D eigenvalue weighted by atomic mass is 16.1. The first-order chi connectivity index (χ1) is 7.25. The van der Waals surface area contributed by atoms with Crippen LogP contribution in [0.2, 0.25) is 0 Å². The van der Waals surface area contributed by atoms with Gasteiger partial charge in [0.2, 0.25) is 5.91 Å². The molecule has 3 N–H and O–H groups in total. The third kappa shape index (κ3) is 2.56. The van der Waals surface area contributed by atoms with E-state index in [1.807, 2.05) is 6.92 Å². The van der Waals surface area contributed by atoms with Gasteiger partial charge in [0.15, 0.2) is 0 Å². The molecular weight excluding hydrogens is 192 g/mol. The van der Waals surface area contributed by atoms with E-state index in [4.69, 9.17) is 0 Å². The number of amides is 1. The second kappa shape index (κ2) is 4.44. The maximum absolute atomic E-state index is 11.5. The average Bonchev–Trinajstić information content (AvgIpc) is 2.55. The van der Waals surface area contributed by atoms with Crippen LogP contribution in [0, 0.1) is 12.8 Å². The minimum atomic E-state index is 0.127. The zero-order chi connectivity index (χ0) is 10.7. The summed E-state index contributed by atoms with van der Waals surface area (Å²) < 4.78 is 0. The third-order valence-electron chi connectivity index (χ3n) is 2.75. The van der Waals surface area contributed by atoms with Gasteiger partial charge in [-0.1, -0.05) is 0 Å². The van der Waals surface area contributed by atoms with Gasteiger partial charge < -0.3 is 10.6 Å². The Morgan fingerprint density at radius 1 is 1.67 bits per heavy atom. The van der Waals surface area contributed by atoms with Gasteiger partial charge in [-0.25, -0.2) is 0 Å². The first-order valence-corrected chi connectivity index (χ1v) is 5.22. The lowest BCUT2D eigenvalue weighted by molar-refractivity contribution is -0.122. The molecule has 2 rings (SSSR count). The smallest absolute Gasteiger partial charge is 0.220 e. The molecule has 82 valence electrons. The zero-order valence-corrected chi connectivity index (χ0v) is 8.84. The van der Waals surface area contributed by atoms with Crippen molar-refractivity contribution in [2.45, 2.75) is 19.9 Å². The lowest BCUT2D eigenvalue weighted by Crippen LogP contribution is -2.44. The molecule has 0 radical (unpaired) electrons. The summed E-state index contributed by atoms with van der Waals surface area (Å²) in [6.07, 6.45) is 2.38. The standard InChI is InChI=1S/C10H16N4O/c1-7-9(6-13-14-7)5-12-10(15)2-8-3-11-4-8/h6,8,11H,2-5H2,1H3,(H,12,15)(H,13,14). The Morgan fingerprint density at radius 3 is 3.00 bits per heavy atom. The van der Waals surface area contributed by atoms with Crippen molar-refractivity contribution in [1.29, 1.82) is 0 Å². The molecule has 0 unspecified atom stereocenters. The molecule has 1 aromatic rings. The Hall–Kier alpha value is -1.36. The largest absolute Gasteiger partial charge is 0.352 e. The van der Waals surface area contributed by atoms with Crippen LogP contribution in [0.1, 0.15) is 17.7 Å². The van der Waals surface area contributed by atoms with E-state index in [2.05, 4.69) is 20.8 Å². The van der Waals surface area contributed by atoms with Gasteiger partial charge in [-0.3, -0.25) is 9.89 Å². The normalized spacial score (nSPS) is 16.1. The van der Waals surface area contributed by atoms with Gasteiger partial charge in [0, 0.05) is 24.2 Å². The molecule has 1 saturated heterocycles. The van der Waals surface area contributed by atoms with Crippen LogP contribution in [0.25, 0.3) is 0 Å². The summed E-state index contributed by atoms with van der Waals surface area (Å²) in [5, 5.41) is 12.8. The monoisotopic (exact) mass is 208 g/mol. The zero-order valence-electron chi connectivity index (χ0n) is 8.84. The van der Waals surface area contributed by atoms with Crippen molar-refractivity contribution in [2.75, 3.05) is 13.1 Å². The summed E-state index contributed by atoms with van der Waals surface area (Å²) in [7, 11) is 0. The molecular formula is C10H16N4O. The lowest BCUT2D eigenvalue weighted by Gasteiger charge is -2.26. The van der Waals surface area contributed by atoms with Crippen LogP contribution in [0.4, 0.5) is 0 Å². The van der Waals surface area contributed by atoms with Crippen molar-refractivity contribution in [3.8, 4) is 0 Å². The molecule has 1 aromatic heterocycles. The summed E-state index contributed by atoms with van der Waals surface area (Å²) in [4.78, 5) is 11.5. The van der Waals surface area contributed by atoms with E-state index in [0.29, 0.717) is 18.9 Å². The quantitative estimate of drug-likeness (QED) is 0.649. The molecule has 1 aliphatic rings. The van der Waals surface area contributed by atoms with Crippen molar-refractivity contribution in [3.05, 3.63) is 17.5 Å². The Bertz CT molecular complexity index is 343. The fourth-order valence-electron chi connectivity index (χ4n) is 1.57. The van der Waals surface area contributed by atoms with Crippen LogP contribution in [0.3, 0.4) is 0 Å². The number of carbonyl (C=O) groups is 1. The molecule has 0 atom stereocenters. The number of aromatic nitrogens is 2. The van der Waals surface area contributed by atoms with Gasteiger partial charge in [0.05, 0.1) is 6.20 Å². The molecule has 0 aromatic carbocycles. The number of hydrogen-bond donors (Lipinski definition) is 3. The van der Waals surface area contributed by atoms with Gasteiger partial charge >= 0.3 is 0 Å². The van der Waals surface area contributed by atoms with Gasteiger partial charge in [0.1, 0.15) is 0 Å². The van der Waals surface area contributed by atoms with Crippen molar-refractivity contribution < 1.29 is 4.79 Å². The van der Waals surface area contributed by atoms with E-state index in [0.717, 1.165) is 24.3 Å². The topological polar surface area (TPSA) is 69.8 Å². The summed E-state index contributed by atoms with van der Waals surface area (Å²) in [5.74, 6) is 0.651. The number of nitrogens with one attached hydrogen (secondary N) is 3. The van der Waals surface area contributed by atoms with E-state index >= 15 is 0 Å². The van der Waals surface area contributed by atoms with Crippen LogP contribution in [-0.4, -0.2) is 29.2 Å². The molecule has 5 heteroatoms. The summed E-state index contributed by atoms with van der Waals surface area (Å²) >= 11 is 0. The minimum Gasteiger partial charge on any atom is -0.352 e. The first kappa shape index (κ1) is 10.2. The molecule has 1 fully saturated rings. The number of aryl methyl sites for hydroxylation is 1. The van der Waals surface area contributed by atoms with Crippen LogP contribution in [0.15, 0.2) is 6.20 Å². The highest BCUT2D eigenvalue weighted by molar-refractivity contribution is 5.76. The molecule has 15 heavy (non-hydrogen) atoms. The van der Waals surface area contributed by atoms with E-state index in [-0.39, 0.29) is 5.91 Å². The summed E-state index contributed by atoms with van der Waals surface area (Å²) in [6.45, 7) is 4.46. The molecule has 0 bridgehead atoms. The second-order valence-corrected chi connectivity index (χ2v) is 4.03. The molecule has 0 spiro atoms. The predicted octanol–water partition coefficient (Wildman–Crippen LogP) is -0.0562. The van der Waals surface area contributed by atoms with Crippen LogP contribution in [-0.2, 0) is 11.3 Å². The van der Waals surface area contributed by atoms with E-state index in [9.17, 15) is 4.79 Å². The molecule has 5 nitrogen and oxygen atoms in total. The highest BCUT2D eigenvalue weighted by Gasteiger charge is 2.19. The predicted molar refractivity (Wildman–Crippen MR) is 56.1 cm³/mol. The van der Waals surface area contributed by atoms with Crippen molar-refractivity contribution in [1.82, 2.24) is 20.8 Å². The van der Waals surface area contributed by atoms with E-state index < -0.39 is 0 Å². The average molecular weight is 208 g/mol. The molecule has 1 aliphatic heterocycles. The Balaban J connectivity index is 1.73. The molecule has 0 saturated carbocycles. The summed E-state index contributed by atoms with van der Waals surface area (Å²) in [6, 6.07) is 0. The first-order valence-electron chi connectivity index (χ1n) is 5.22. The fraction of sp³-hybridized carbons (Fsp3) is 0.600. The van der Waals surface area contributed by atoms with Gasteiger partial charge in [-0.15, -0.1) is 0 Å². The maximum Gasteiger partial charge on any atom is 0.220 e. The van der Waals surface area contributed by atoms with Crippen LogP contribution in [0.5, 0.6) is 0 Å². The number of nitrogens with zero attached hydrogens (tertiary/aromatic N) is 1. The number of hydrogen-bond acceptors (Lipinski definition) is 3. The number of aromatic amines is 1. The maximum atomic E-state index is 11.5. The van der Waals surface area contributed by atoms with Crippen LogP contribution < -0.4 is 10.6 Å². The number of H-pyrrole nitrogens is 1. The Labute approximate surface area is 88.6 Å². The summed E-state index contributed by atoms with van der Waals surface area (Å²) in [5.41, 5.74) is 2.07. The van der Waals surface area contributed by atoms with Crippen molar-refractivity contribution in [3.63, 3.8) is 0 Å². The third-order valence-corrected chi connectivity index (χ3v) is 2.75. The van der Waals surface area contributed by atoms with E-state index in [1.165, 1.54) is 0 Å². The number of carbonyl (C=O) groups excluding carboxylic acids is 1. The SMILES string of the molecule is Cc1[nH]ncc1CNC(=O)CC1CNC1. The van der Waals surface area contributed by atoms with Gasteiger partial charge in [0.25, 0.3) is 0 Å². The molecule has 1 amide bonds. The molecule has 2 heterocycles. The van der Waals surface area contributed by atoms with Gasteiger partial charge in [-0.05, 0) is 25.9 Å². The second-order valence-electron chi connectivity index (χ2n) is 4.03. The molecule has 0 aliphatic carbocycles. The minimum absolute atomic E-state index is 0.127. The Kier molecular flexibility index (Phi) is 3.01. The van der Waals surface area contributed by atoms with Gasteiger partial charge in [-0.2, -0.15) is 5.10 Å². The number of rotatable bonds is 4. The fourth-order valence-corrected chi connectivity index (χ4v) is 1.57.